The number of hydrogen-bond donors (Lipinski definition) is 1. The van der Waals surface area contributed by atoms with Crippen LogP contribution in [0.4, 0.5) is 0 Å². The standard InChI is InChI=1S/C18H32N2O.ClH/c1-12(2)20(16-8-3-4-9-16)18(21)15-10-13-6-5-7-14(11-15)17(13)19;/h12-17H,3-11,19H2,1-2H3;1H. The number of halogens is 1. The van der Waals surface area contributed by atoms with Crippen molar-refractivity contribution in [1.29, 1.82) is 0 Å². The predicted molar refractivity (Wildman–Crippen MR) is 93.0 cm³/mol. The van der Waals surface area contributed by atoms with Crippen LogP contribution in [0.25, 0.3) is 0 Å². The molecule has 22 heavy (non-hydrogen) atoms. The Labute approximate surface area is 141 Å². The van der Waals surface area contributed by atoms with Gasteiger partial charge in [0.15, 0.2) is 0 Å². The Bertz CT molecular complexity index is 367. The lowest BCUT2D eigenvalue weighted by atomic mass is 9.64. The molecule has 3 nitrogen and oxygen atoms in total. The average Bonchev–Trinajstić information content (AvgIpc) is 2.91. The Kier molecular flexibility index (Phi) is 6.18. The van der Waals surface area contributed by atoms with E-state index in [1.54, 1.807) is 0 Å². The van der Waals surface area contributed by atoms with E-state index in [0.29, 0.717) is 35.9 Å². The van der Waals surface area contributed by atoms with Crippen LogP contribution < -0.4 is 5.73 Å². The highest BCUT2D eigenvalue weighted by Crippen LogP contribution is 2.43. The van der Waals surface area contributed by atoms with Crippen molar-refractivity contribution in [2.45, 2.75) is 89.8 Å². The number of nitrogens with two attached hydrogens (primary N) is 1. The van der Waals surface area contributed by atoms with Crippen LogP contribution in [-0.4, -0.2) is 28.9 Å². The molecule has 0 radical (unpaired) electrons. The van der Waals surface area contributed by atoms with Crippen molar-refractivity contribution in [3.05, 3.63) is 0 Å². The van der Waals surface area contributed by atoms with Crippen molar-refractivity contribution in [2.75, 3.05) is 0 Å². The fraction of sp³-hybridized carbons (Fsp3) is 0.944. The van der Waals surface area contributed by atoms with E-state index in [9.17, 15) is 4.79 Å². The number of rotatable bonds is 3. The Morgan fingerprint density at radius 1 is 1.00 bits per heavy atom. The van der Waals surface area contributed by atoms with Gasteiger partial charge in [0.05, 0.1) is 0 Å². The molecule has 0 aromatic carbocycles. The summed E-state index contributed by atoms with van der Waals surface area (Å²) in [4.78, 5) is 15.4. The summed E-state index contributed by atoms with van der Waals surface area (Å²) in [5.74, 6) is 1.90. The smallest absolute Gasteiger partial charge is 0.226 e. The minimum atomic E-state index is 0. The molecule has 2 unspecified atom stereocenters. The third kappa shape index (κ3) is 3.46. The van der Waals surface area contributed by atoms with Crippen molar-refractivity contribution < 1.29 is 4.79 Å². The van der Waals surface area contributed by atoms with Crippen molar-refractivity contribution in [1.82, 2.24) is 4.90 Å². The van der Waals surface area contributed by atoms with E-state index in [0.717, 1.165) is 12.8 Å². The first-order valence-electron chi connectivity index (χ1n) is 9.15. The zero-order chi connectivity index (χ0) is 15.0. The molecule has 3 aliphatic carbocycles. The molecule has 2 atom stereocenters. The van der Waals surface area contributed by atoms with Crippen LogP contribution in [-0.2, 0) is 4.79 Å². The quantitative estimate of drug-likeness (QED) is 0.857. The van der Waals surface area contributed by atoms with Crippen molar-refractivity contribution in [3.63, 3.8) is 0 Å². The van der Waals surface area contributed by atoms with E-state index in [4.69, 9.17) is 5.73 Å². The van der Waals surface area contributed by atoms with Crippen LogP contribution in [0.15, 0.2) is 0 Å². The van der Waals surface area contributed by atoms with Gasteiger partial charge < -0.3 is 10.6 Å². The van der Waals surface area contributed by atoms with Crippen LogP contribution >= 0.6 is 12.4 Å². The van der Waals surface area contributed by atoms with Gasteiger partial charge in [0.25, 0.3) is 0 Å². The predicted octanol–water partition coefficient (Wildman–Crippen LogP) is 3.74. The summed E-state index contributed by atoms with van der Waals surface area (Å²) in [5.41, 5.74) is 6.38. The topological polar surface area (TPSA) is 46.3 Å². The maximum absolute atomic E-state index is 13.1. The summed E-state index contributed by atoms with van der Waals surface area (Å²) >= 11 is 0. The molecule has 3 saturated carbocycles. The number of amides is 1. The fourth-order valence-electron chi connectivity index (χ4n) is 5.24. The van der Waals surface area contributed by atoms with Crippen molar-refractivity contribution in [2.24, 2.45) is 23.5 Å². The first kappa shape index (κ1) is 18.1. The normalized spacial score (nSPS) is 35.3. The van der Waals surface area contributed by atoms with Gasteiger partial charge in [-0.1, -0.05) is 19.3 Å². The third-order valence-corrected chi connectivity index (χ3v) is 6.29. The Morgan fingerprint density at radius 3 is 2.05 bits per heavy atom. The third-order valence-electron chi connectivity index (χ3n) is 6.29. The summed E-state index contributed by atoms with van der Waals surface area (Å²) in [6, 6.07) is 1.21. The second-order valence-corrected chi connectivity index (χ2v) is 7.97. The summed E-state index contributed by atoms with van der Waals surface area (Å²) in [7, 11) is 0. The molecule has 0 aromatic heterocycles. The summed E-state index contributed by atoms with van der Waals surface area (Å²) in [6.45, 7) is 4.37. The molecular formula is C18H33ClN2O. The van der Waals surface area contributed by atoms with Gasteiger partial charge in [0.1, 0.15) is 0 Å². The number of carbonyl (C=O) groups is 1. The molecule has 4 heteroatoms. The second kappa shape index (κ2) is 7.53. The van der Waals surface area contributed by atoms with E-state index in [1.807, 2.05) is 0 Å². The molecule has 0 saturated heterocycles. The molecule has 0 aromatic rings. The van der Waals surface area contributed by atoms with Crippen LogP contribution in [0.2, 0.25) is 0 Å². The lowest BCUT2D eigenvalue weighted by Gasteiger charge is -2.45. The van der Waals surface area contributed by atoms with E-state index >= 15 is 0 Å². The van der Waals surface area contributed by atoms with Gasteiger partial charge in [-0.3, -0.25) is 4.79 Å². The molecule has 2 N–H and O–H groups in total. The second-order valence-electron chi connectivity index (χ2n) is 7.97. The first-order valence-corrected chi connectivity index (χ1v) is 9.15. The highest BCUT2D eigenvalue weighted by molar-refractivity contribution is 5.85. The fourth-order valence-corrected chi connectivity index (χ4v) is 5.24. The van der Waals surface area contributed by atoms with Crippen LogP contribution in [0.5, 0.6) is 0 Å². The first-order chi connectivity index (χ1) is 10.1. The Hall–Kier alpha value is -0.280. The zero-order valence-electron chi connectivity index (χ0n) is 14.2. The van der Waals surface area contributed by atoms with Crippen LogP contribution in [0.1, 0.15) is 71.6 Å². The average molecular weight is 329 g/mol. The lowest BCUT2D eigenvalue weighted by Crippen LogP contribution is -2.52. The van der Waals surface area contributed by atoms with E-state index in [2.05, 4.69) is 18.7 Å². The summed E-state index contributed by atoms with van der Waals surface area (Å²) < 4.78 is 0. The van der Waals surface area contributed by atoms with Gasteiger partial charge in [0, 0.05) is 24.0 Å². The molecule has 2 bridgehead atoms. The summed E-state index contributed by atoms with van der Waals surface area (Å²) in [5, 5.41) is 0. The zero-order valence-corrected chi connectivity index (χ0v) is 15.0. The van der Waals surface area contributed by atoms with Gasteiger partial charge in [-0.15, -0.1) is 12.4 Å². The maximum atomic E-state index is 13.1. The van der Waals surface area contributed by atoms with E-state index in [-0.39, 0.29) is 18.3 Å². The Morgan fingerprint density at radius 2 is 1.55 bits per heavy atom. The SMILES string of the molecule is CC(C)N(C(=O)C1CC2CCCC(C1)C2N)C1CCCC1.Cl. The molecule has 3 rings (SSSR count). The highest BCUT2D eigenvalue weighted by Gasteiger charge is 2.43. The summed E-state index contributed by atoms with van der Waals surface area (Å²) in [6.07, 6.45) is 10.9. The maximum Gasteiger partial charge on any atom is 0.226 e. The van der Waals surface area contributed by atoms with Crippen LogP contribution in [0, 0.1) is 17.8 Å². The number of nitrogens with zero attached hydrogens (tertiary/aromatic N) is 1. The minimum Gasteiger partial charge on any atom is -0.337 e. The molecule has 0 spiro atoms. The molecule has 3 aliphatic rings. The van der Waals surface area contributed by atoms with E-state index < -0.39 is 0 Å². The largest absolute Gasteiger partial charge is 0.337 e. The van der Waals surface area contributed by atoms with Crippen LogP contribution in [0.3, 0.4) is 0 Å². The highest BCUT2D eigenvalue weighted by atomic mass is 35.5. The van der Waals surface area contributed by atoms with Crippen molar-refractivity contribution >= 4 is 18.3 Å². The molecule has 128 valence electrons. The van der Waals surface area contributed by atoms with Gasteiger partial charge in [-0.2, -0.15) is 0 Å². The Balaban J connectivity index is 0.00000176. The van der Waals surface area contributed by atoms with Gasteiger partial charge in [-0.25, -0.2) is 0 Å². The number of carbonyl (C=O) groups excluding carboxylic acids is 1. The van der Waals surface area contributed by atoms with Gasteiger partial charge >= 0.3 is 0 Å². The minimum absolute atomic E-state index is 0. The number of hydrogen-bond acceptors (Lipinski definition) is 2. The molecule has 0 heterocycles. The number of fused-ring (bicyclic) bond motifs is 2. The van der Waals surface area contributed by atoms with Gasteiger partial charge in [0.2, 0.25) is 5.91 Å². The molecule has 0 aliphatic heterocycles. The molecule has 3 fully saturated rings. The molecule has 1 amide bonds. The van der Waals surface area contributed by atoms with Crippen molar-refractivity contribution in [3.8, 4) is 0 Å². The van der Waals surface area contributed by atoms with E-state index in [1.165, 1.54) is 44.9 Å². The van der Waals surface area contributed by atoms with Gasteiger partial charge in [-0.05, 0) is 64.2 Å². The molecular weight excluding hydrogens is 296 g/mol. The lowest BCUT2D eigenvalue weighted by molar-refractivity contribution is -0.143. The monoisotopic (exact) mass is 328 g/mol.